The van der Waals surface area contributed by atoms with Gasteiger partial charge in [0.2, 0.25) is 5.89 Å². The highest BCUT2D eigenvalue weighted by molar-refractivity contribution is 5.85. The fourth-order valence-corrected chi connectivity index (χ4v) is 2.84. The molecule has 1 aromatic carbocycles. The van der Waals surface area contributed by atoms with Crippen molar-refractivity contribution < 1.29 is 13.9 Å². The third-order valence-corrected chi connectivity index (χ3v) is 3.83. The molecule has 22 heavy (non-hydrogen) atoms. The van der Waals surface area contributed by atoms with Crippen molar-refractivity contribution in [3.63, 3.8) is 0 Å². The van der Waals surface area contributed by atoms with Gasteiger partial charge in [0.25, 0.3) is 5.89 Å². The summed E-state index contributed by atoms with van der Waals surface area (Å²) < 4.78 is 18.8. The zero-order chi connectivity index (χ0) is 14.9. The maximum Gasteiger partial charge on any atom is 0.264 e. The molecule has 0 saturated carbocycles. The van der Waals surface area contributed by atoms with E-state index in [1.54, 1.807) is 6.92 Å². The summed E-state index contributed by atoms with van der Waals surface area (Å²) in [5.41, 5.74) is 2.08. The van der Waals surface area contributed by atoms with Gasteiger partial charge in [-0.25, -0.2) is 0 Å². The number of rotatable bonds is 4. The van der Waals surface area contributed by atoms with Crippen molar-refractivity contribution in [3.05, 3.63) is 36.2 Å². The number of fused-ring (bicyclic) bond motifs is 1. The summed E-state index contributed by atoms with van der Waals surface area (Å²) in [4.78, 5) is 0. The Kier molecular flexibility index (Phi) is 3.40. The fourth-order valence-electron chi connectivity index (χ4n) is 2.84. The average Bonchev–Trinajstić information content (AvgIpc) is 3.24. The van der Waals surface area contributed by atoms with Gasteiger partial charge in [-0.15, -0.1) is 10.2 Å². The second-order valence-electron chi connectivity index (χ2n) is 5.33. The first-order chi connectivity index (χ1) is 10.8. The van der Waals surface area contributed by atoms with E-state index in [9.17, 15) is 0 Å². The lowest BCUT2D eigenvalue weighted by molar-refractivity contribution is -0.0488. The molecule has 4 rings (SSSR count). The Hall–Kier alpha value is -2.18. The lowest BCUT2D eigenvalue weighted by Crippen LogP contribution is -2.12. The number of ether oxygens (including phenoxy) is 2. The van der Waals surface area contributed by atoms with E-state index < -0.39 is 0 Å². The normalized spacial score (nSPS) is 15.9. The van der Waals surface area contributed by atoms with Crippen LogP contribution in [0.5, 0.6) is 0 Å². The average molecular weight is 299 g/mol. The molecule has 0 spiro atoms. The van der Waals surface area contributed by atoms with Gasteiger partial charge in [0.05, 0.1) is 13.2 Å². The molecule has 0 atom stereocenters. The van der Waals surface area contributed by atoms with E-state index in [0.29, 0.717) is 25.0 Å². The predicted octanol–water partition coefficient (Wildman–Crippen LogP) is 2.76. The summed E-state index contributed by atoms with van der Waals surface area (Å²) in [7, 11) is 0. The Morgan fingerprint density at radius 2 is 2.00 bits per heavy atom. The minimum Gasteiger partial charge on any atom is -0.420 e. The molecule has 3 heterocycles. The van der Waals surface area contributed by atoms with Gasteiger partial charge in [-0.2, -0.15) is 0 Å². The van der Waals surface area contributed by atoms with Gasteiger partial charge in [-0.3, -0.25) is 0 Å². The van der Waals surface area contributed by atoms with Gasteiger partial charge >= 0.3 is 0 Å². The van der Waals surface area contributed by atoms with Gasteiger partial charge in [0, 0.05) is 30.8 Å². The molecule has 114 valence electrons. The summed E-state index contributed by atoms with van der Waals surface area (Å²) >= 11 is 0. The van der Waals surface area contributed by atoms with Crippen molar-refractivity contribution in [1.82, 2.24) is 14.8 Å². The maximum atomic E-state index is 5.61. The number of aromatic nitrogens is 3. The minimum atomic E-state index is -0.126. The predicted molar refractivity (Wildman–Crippen MR) is 80.3 cm³/mol. The molecule has 1 saturated heterocycles. The molecule has 0 aliphatic carbocycles. The van der Waals surface area contributed by atoms with Crippen LogP contribution in [0.15, 0.2) is 34.7 Å². The Balaban J connectivity index is 1.72. The number of hydrogen-bond acceptors (Lipinski definition) is 5. The van der Waals surface area contributed by atoms with Crippen LogP contribution in [0.4, 0.5) is 0 Å². The molecule has 6 heteroatoms. The highest BCUT2D eigenvalue weighted by Crippen LogP contribution is 2.28. The van der Waals surface area contributed by atoms with Crippen LogP contribution < -0.4 is 0 Å². The maximum absolute atomic E-state index is 5.61. The topological polar surface area (TPSA) is 62.3 Å². The van der Waals surface area contributed by atoms with Gasteiger partial charge in [-0.1, -0.05) is 18.2 Å². The third-order valence-electron chi connectivity index (χ3n) is 3.83. The SMILES string of the molecule is Cc1nnc(-c2cc3ccccc3n2CCC2OCCO2)o1. The molecule has 1 fully saturated rings. The first-order valence-corrected chi connectivity index (χ1v) is 7.43. The van der Waals surface area contributed by atoms with E-state index in [1.165, 1.54) is 0 Å². The summed E-state index contributed by atoms with van der Waals surface area (Å²) in [5.74, 6) is 1.11. The molecular weight excluding hydrogens is 282 g/mol. The zero-order valence-electron chi connectivity index (χ0n) is 12.4. The standard InChI is InChI=1S/C16H17N3O3/c1-11-17-18-16(22-11)14-10-12-4-2-3-5-13(12)19(14)7-6-15-20-8-9-21-15/h2-5,10,15H,6-9H2,1H3. The van der Waals surface area contributed by atoms with Crippen LogP contribution >= 0.6 is 0 Å². The number of nitrogens with zero attached hydrogens (tertiary/aromatic N) is 3. The Bertz CT molecular complexity index is 787. The van der Waals surface area contributed by atoms with E-state index in [2.05, 4.69) is 33.0 Å². The van der Waals surface area contributed by atoms with E-state index in [-0.39, 0.29) is 6.29 Å². The molecule has 6 nitrogen and oxygen atoms in total. The van der Waals surface area contributed by atoms with Crippen LogP contribution in [0.25, 0.3) is 22.5 Å². The van der Waals surface area contributed by atoms with Crippen LogP contribution in [0.3, 0.4) is 0 Å². The third kappa shape index (κ3) is 2.40. The monoisotopic (exact) mass is 299 g/mol. The van der Waals surface area contributed by atoms with E-state index >= 15 is 0 Å². The minimum absolute atomic E-state index is 0.126. The van der Waals surface area contributed by atoms with Crippen molar-refractivity contribution in [1.29, 1.82) is 0 Å². The summed E-state index contributed by atoms with van der Waals surface area (Å²) in [6.07, 6.45) is 0.664. The molecule has 0 radical (unpaired) electrons. The molecule has 1 aliphatic heterocycles. The second kappa shape index (κ2) is 5.55. The number of hydrogen-bond donors (Lipinski definition) is 0. The van der Waals surface area contributed by atoms with Gasteiger partial charge in [0.15, 0.2) is 6.29 Å². The Morgan fingerprint density at radius 1 is 1.18 bits per heavy atom. The Morgan fingerprint density at radius 3 is 2.77 bits per heavy atom. The van der Waals surface area contributed by atoms with Gasteiger partial charge in [0.1, 0.15) is 5.69 Å². The first kappa shape index (κ1) is 13.5. The quantitative estimate of drug-likeness (QED) is 0.741. The number of benzene rings is 1. The van der Waals surface area contributed by atoms with E-state index in [1.807, 2.05) is 12.1 Å². The molecule has 0 N–H and O–H groups in total. The van der Waals surface area contributed by atoms with E-state index in [4.69, 9.17) is 13.9 Å². The van der Waals surface area contributed by atoms with Crippen LogP contribution in [0.2, 0.25) is 0 Å². The Labute approximate surface area is 127 Å². The van der Waals surface area contributed by atoms with Crippen molar-refractivity contribution >= 4 is 10.9 Å². The van der Waals surface area contributed by atoms with Crippen molar-refractivity contribution in [2.24, 2.45) is 0 Å². The molecule has 1 aliphatic rings. The summed E-state index contributed by atoms with van der Waals surface area (Å²) in [6.45, 7) is 3.91. The molecule has 0 unspecified atom stereocenters. The molecular formula is C16H17N3O3. The van der Waals surface area contributed by atoms with E-state index in [0.717, 1.165) is 29.6 Å². The number of para-hydroxylation sites is 1. The molecule has 3 aromatic rings. The summed E-state index contributed by atoms with van der Waals surface area (Å²) in [5, 5.41) is 9.24. The number of aryl methyl sites for hydroxylation is 2. The smallest absolute Gasteiger partial charge is 0.264 e. The van der Waals surface area contributed by atoms with Crippen LogP contribution in [-0.2, 0) is 16.0 Å². The largest absolute Gasteiger partial charge is 0.420 e. The lowest BCUT2D eigenvalue weighted by atomic mass is 10.2. The van der Waals surface area contributed by atoms with Gasteiger partial charge in [-0.05, 0) is 12.1 Å². The highest BCUT2D eigenvalue weighted by Gasteiger charge is 2.19. The van der Waals surface area contributed by atoms with Crippen molar-refractivity contribution in [2.75, 3.05) is 13.2 Å². The van der Waals surface area contributed by atoms with Crippen LogP contribution in [0.1, 0.15) is 12.3 Å². The van der Waals surface area contributed by atoms with Gasteiger partial charge < -0.3 is 18.5 Å². The molecule has 0 amide bonds. The van der Waals surface area contributed by atoms with Crippen LogP contribution in [0, 0.1) is 6.92 Å². The molecule has 2 aromatic heterocycles. The van der Waals surface area contributed by atoms with Crippen LogP contribution in [-0.4, -0.2) is 34.3 Å². The lowest BCUT2D eigenvalue weighted by Gasteiger charge is -2.12. The highest BCUT2D eigenvalue weighted by atomic mass is 16.7. The zero-order valence-corrected chi connectivity index (χ0v) is 12.4. The van der Waals surface area contributed by atoms with Crippen molar-refractivity contribution in [3.8, 4) is 11.6 Å². The summed E-state index contributed by atoms with van der Waals surface area (Å²) in [6, 6.07) is 10.3. The second-order valence-corrected chi connectivity index (χ2v) is 5.33. The first-order valence-electron chi connectivity index (χ1n) is 7.43. The molecule has 0 bridgehead atoms. The van der Waals surface area contributed by atoms with Crippen molar-refractivity contribution in [2.45, 2.75) is 26.2 Å². The fraction of sp³-hybridized carbons (Fsp3) is 0.375.